The minimum Gasteiger partial charge on any atom is -0.482 e. The van der Waals surface area contributed by atoms with Crippen molar-refractivity contribution in [1.82, 2.24) is 0 Å². The van der Waals surface area contributed by atoms with Gasteiger partial charge in [0.1, 0.15) is 5.78 Å². The Bertz CT molecular complexity index is 189. The zero-order chi connectivity index (χ0) is 9.89. The SMILES string of the molecule is [B]C(C(=O)O)C(C)C(=O)C(C)C. The molecule has 0 aliphatic heterocycles. The van der Waals surface area contributed by atoms with Crippen LogP contribution >= 0.6 is 0 Å². The first kappa shape index (κ1) is 11.2. The molecule has 1 N–H and O–H groups in total. The molecule has 0 bridgehead atoms. The number of carboxylic acids is 1. The molecule has 0 amide bonds. The van der Waals surface area contributed by atoms with Crippen molar-refractivity contribution in [1.29, 1.82) is 0 Å². The first-order valence-electron chi connectivity index (χ1n) is 3.90. The Kier molecular flexibility index (Phi) is 4.00. The molecule has 2 radical (unpaired) electrons. The average molecular weight is 168 g/mol. The highest BCUT2D eigenvalue weighted by molar-refractivity contribution is 6.24. The highest BCUT2D eigenvalue weighted by atomic mass is 16.4. The lowest BCUT2D eigenvalue weighted by Gasteiger charge is -2.16. The highest BCUT2D eigenvalue weighted by Gasteiger charge is 2.26. The first-order valence-corrected chi connectivity index (χ1v) is 3.90. The molecule has 0 aromatic carbocycles. The maximum absolute atomic E-state index is 11.2. The summed E-state index contributed by atoms with van der Waals surface area (Å²) >= 11 is 0. The van der Waals surface area contributed by atoms with Crippen LogP contribution in [0.3, 0.4) is 0 Å². The summed E-state index contributed by atoms with van der Waals surface area (Å²) < 4.78 is 0. The number of carboxylic acid groups (broad SMARTS) is 1. The van der Waals surface area contributed by atoms with Crippen molar-refractivity contribution in [2.45, 2.75) is 26.6 Å². The van der Waals surface area contributed by atoms with Gasteiger partial charge in [0.05, 0.1) is 7.85 Å². The van der Waals surface area contributed by atoms with Gasteiger partial charge in [-0.1, -0.05) is 20.8 Å². The van der Waals surface area contributed by atoms with Crippen molar-refractivity contribution in [3.8, 4) is 0 Å². The van der Waals surface area contributed by atoms with Gasteiger partial charge in [-0.15, -0.1) is 0 Å². The van der Waals surface area contributed by atoms with Gasteiger partial charge < -0.3 is 5.11 Å². The second-order valence-electron chi connectivity index (χ2n) is 3.21. The van der Waals surface area contributed by atoms with E-state index in [0.29, 0.717) is 0 Å². The van der Waals surface area contributed by atoms with Crippen LogP contribution in [-0.4, -0.2) is 24.7 Å². The lowest BCUT2D eigenvalue weighted by atomic mass is 9.73. The summed E-state index contributed by atoms with van der Waals surface area (Å²) in [6.07, 6.45) is 0. The second-order valence-corrected chi connectivity index (χ2v) is 3.21. The third kappa shape index (κ3) is 2.68. The van der Waals surface area contributed by atoms with Crippen molar-refractivity contribution in [3.05, 3.63) is 0 Å². The van der Waals surface area contributed by atoms with Crippen molar-refractivity contribution in [3.63, 3.8) is 0 Å². The molecule has 12 heavy (non-hydrogen) atoms. The molecule has 0 heterocycles. The van der Waals surface area contributed by atoms with Crippen LogP contribution in [0.2, 0.25) is 5.82 Å². The number of ketones is 1. The summed E-state index contributed by atoms with van der Waals surface area (Å²) in [4.78, 5) is 21.6. The van der Waals surface area contributed by atoms with E-state index in [4.69, 9.17) is 13.0 Å². The number of rotatable bonds is 4. The molecule has 0 aliphatic carbocycles. The highest BCUT2D eigenvalue weighted by Crippen LogP contribution is 2.18. The fourth-order valence-electron chi connectivity index (χ4n) is 0.917. The number of Topliss-reactive ketones (excluding diaryl/α,β-unsaturated/α-hetero) is 1. The normalized spacial score (nSPS) is 15.7. The van der Waals surface area contributed by atoms with Gasteiger partial charge in [-0.3, -0.25) is 9.59 Å². The predicted octanol–water partition coefficient (Wildman–Crippen LogP) is 0.889. The minimum atomic E-state index is -1.13. The van der Waals surface area contributed by atoms with Gasteiger partial charge in [0.15, 0.2) is 0 Å². The maximum atomic E-state index is 11.2. The monoisotopic (exact) mass is 168 g/mol. The molecule has 4 heteroatoms. The number of carbonyl (C=O) groups excluding carboxylic acids is 1. The standard InChI is InChI=1S/C8H13BO3/c1-4(2)7(10)5(3)6(9)8(11)12/h4-6H,1-3H3,(H,11,12). The molecule has 0 aromatic heterocycles. The van der Waals surface area contributed by atoms with Crippen LogP contribution < -0.4 is 0 Å². The molecule has 0 saturated heterocycles. The maximum Gasteiger partial charge on any atom is 0.298 e. The van der Waals surface area contributed by atoms with E-state index < -0.39 is 17.7 Å². The minimum absolute atomic E-state index is 0.107. The van der Waals surface area contributed by atoms with Crippen molar-refractivity contribution >= 4 is 19.6 Å². The van der Waals surface area contributed by atoms with E-state index in [1.807, 2.05) is 0 Å². The molecule has 0 saturated carbocycles. The van der Waals surface area contributed by atoms with Crippen LogP contribution in [0.4, 0.5) is 0 Å². The van der Waals surface area contributed by atoms with Crippen LogP contribution in [0.15, 0.2) is 0 Å². The Morgan fingerprint density at radius 3 is 1.92 bits per heavy atom. The van der Waals surface area contributed by atoms with Gasteiger partial charge in [0, 0.05) is 17.7 Å². The van der Waals surface area contributed by atoms with E-state index in [9.17, 15) is 9.59 Å². The Balaban J connectivity index is 4.29. The molecule has 0 aliphatic rings. The average Bonchev–Trinajstić information content (AvgIpc) is 2.00. The van der Waals surface area contributed by atoms with Crippen LogP contribution in [0.1, 0.15) is 20.8 Å². The van der Waals surface area contributed by atoms with Gasteiger partial charge >= 0.3 is 0 Å². The Labute approximate surface area is 73.6 Å². The third-order valence-corrected chi connectivity index (χ3v) is 1.84. The molecule has 3 nitrogen and oxygen atoms in total. The number of hydrogen-bond donors (Lipinski definition) is 1. The molecule has 0 aromatic rings. The van der Waals surface area contributed by atoms with Gasteiger partial charge in [0.2, 0.25) is 0 Å². The zero-order valence-electron chi connectivity index (χ0n) is 7.57. The van der Waals surface area contributed by atoms with Gasteiger partial charge in [-0.25, -0.2) is 0 Å². The second kappa shape index (κ2) is 4.29. The third-order valence-electron chi connectivity index (χ3n) is 1.84. The van der Waals surface area contributed by atoms with E-state index in [1.165, 1.54) is 0 Å². The van der Waals surface area contributed by atoms with Gasteiger partial charge in [0.25, 0.3) is 5.97 Å². The van der Waals surface area contributed by atoms with Crippen LogP contribution in [-0.2, 0) is 9.59 Å². The largest absolute Gasteiger partial charge is 0.482 e. The summed E-state index contributed by atoms with van der Waals surface area (Å²) in [5.74, 6) is -3.09. The van der Waals surface area contributed by atoms with Crippen LogP contribution in [0.5, 0.6) is 0 Å². The summed E-state index contributed by atoms with van der Waals surface area (Å²) in [5, 5.41) is 8.51. The molecule has 66 valence electrons. The lowest BCUT2D eigenvalue weighted by Crippen LogP contribution is -2.26. The lowest BCUT2D eigenvalue weighted by molar-refractivity contribution is -0.140. The van der Waals surface area contributed by atoms with E-state index >= 15 is 0 Å². The Hall–Kier alpha value is -0.795. The van der Waals surface area contributed by atoms with E-state index in [2.05, 4.69) is 0 Å². The topological polar surface area (TPSA) is 54.4 Å². The molecule has 2 unspecified atom stereocenters. The molecular weight excluding hydrogens is 155 g/mol. The molecular formula is C8H13BO3. The molecule has 2 atom stereocenters. The van der Waals surface area contributed by atoms with Crippen LogP contribution in [0, 0.1) is 11.8 Å². The number of carbonyl (C=O) groups is 2. The van der Waals surface area contributed by atoms with Crippen molar-refractivity contribution in [2.24, 2.45) is 11.8 Å². The summed E-state index contributed by atoms with van der Waals surface area (Å²) in [5.41, 5.74) is 0. The quantitative estimate of drug-likeness (QED) is 0.634. The van der Waals surface area contributed by atoms with E-state index in [0.717, 1.165) is 0 Å². The first-order chi connectivity index (χ1) is 5.37. The molecule has 0 fully saturated rings. The van der Waals surface area contributed by atoms with Crippen molar-refractivity contribution < 1.29 is 14.7 Å². The van der Waals surface area contributed by atoms with E-state index in [-0.39, 0.29) is 11.7 Å². The van der Waals surface area contributed by atoms with Crippen LogP contribution in [0.25, 0.3) is 0 Å². The Morgan fingerprint density at radius 1 is 1.25 bits per heavy atom. The number of hydrogen-bond acceptors (Lipinski definition) is 2. The fraction of sp³-hybridized carbons (Fsp3) is 0.750. The van der Waals surface area contributed by atoms with E-state index in [1.54, 1.807) is 20.8 Å². The van der Waals surface area contributed by atoms with Gasteiger partial charge in [-0.05, 0) is 0 Å². The zero-order valence-corrected chi connectivity index (χ0v) is 7.57. The summed E-state index contributed by atoms with van der Waals surface area (Å²) in [6, 6.07) is 0. The smallest absolute Gasteiger partial charge is 0.298 e. The molecule has 0 spiro atoms. The predicted molar refractivity (Wildman–Crippen MR) is 46.1 cm³/mol. The fourth-order valence-corrected chi connectivity index (χ4v) is 0.917. The van der Waals surface area contributed by atoms with Crippen molar-refractivity contribution in [2.75, 3.05) is 0 Å². The molecule has 0 rings (SSSR count). The Morgan fingerprint density at radius 2 is 1.67 bits per heavy atom. The van der Waals surface area contributed by atoms with Gasteiger partial charge in [-0.2, -0.15) is 0 Å². The summed E-state index contributed by atoms with van der Waals surface area (Å²) in [6.45, 7) is 5.00. The number of aliphatic carboxylic acids is 1. The summed E-state index contributed by atoms with van der Waals surface area (Å²) in [7, 11) is 5.28.